The van der Waals surface area contributed by atoms with E-state index in [0.717, 1.165) is 65.0 Å². The first kappa shape index (κ1) is 24.4. The molecule has 3 aromatic carbocycles. The molecule has 2 heterocycles. The van der Waals surface area contributed by atoms with Gasteiger partial charge < -0.3 is 0 Å². The normalized spacial score (nSPS) is 16.4. The molecular weight excluding hydrogens is 457 g/mol. The minimum Gasteiger partial charge on any atom is -0.298 e. The van der Waals surface area contributed by atoms with Crippen molar-refractivity contribution in [2.24, 2.45) is 4.99 Å². The van der Waals surface area contributed by atoms with E-state index in [4.69, 9.17) is 4.99 Å². The molecule has 1 unspecified atom stereocenters. The van der Waals surface area contributed by atoms with Crippen molar-refractivity contribution in [3.8, 4) is 11.1 Å². The third kappa shape index (κ3) is 3.95. The molecule has 0 fully saturated rings. The summed E-state index contributed by atoms with van der Waals surface area (Å²) in [5, 5.41) is 0. The Morgan fingerprint density at radius 2 is 1.72 bits per heavy atom. The number of alkyl halides is 3. The van der Waals surface area contributed by atoms with Crippen LogP contribution in [0, 0.1) is 13.8 Å². The zero-order valence-corrected chi connectivity index (χ0v) is 21.2. The van der Waals surface area contributed by atoms with E-state index in [1.807, 2.05) is 37.3 Å². The van der Waals surface area contributed by atoms with E-state index in [1.54, 1.807) is 6.07 Å². The van der Waals surface area contributed by atoms with Crippen LogP contribution in [0.15, 0.2) is 59.6 Å². The number of halogens is 3. The van der Waals surface area contributed by atoms with Crippen molar-refractivity contribution in [1.29, 1.82) is 0 Å². The van der Waals surface area contributed by atoms with Gasteiger partial charge in [0.2, 0.25) is 0 Å². The smallest absolute Gasteiger partial charge is 0.298 e. The maximum atomic E-state index is 14.4. The second kappa shape index (κ2) is 9.27. The van der Waals surface area contributed by atoms with Gasteiger partial charge in [0.05, 0.1) is 11.3 Å². The highest BCUT2D eigenvalue weighted by Gasteiger charge is 2.46. The van der Waals surface area contributed by atoms with Crippen molar-refractivity contribution < 1.29 is 13.2 Å². The fourth-order valence-corrected chi connectivity index (χ4v) is 5.58. The van der Waals surface area contributed by atoms with Crippen LogP contribution < -0.4 is 4.90 Å². The number of allylic oxidation sites excluding steroid dienone is 1. The quantitative estimate of drug-likeness (QED) is 0.316. The average molecular weight is 489 g/mol. The number of benzene rings is 3. The fourth-order valence-electron chi connectivity index (χ4n) is 5.58. The molecule has 0 amide bonds. The van der Waals surface area contributed by atoms with Crippen molar-refractivity contribution >= 4 is 17.6 Å². The molecule has 0 bridgehead atoms. The van der Waals surface area contributed by atoms with Gasteiger partial charge >= 0.3 is 6.18 Å². The molecule has 0 radical (unpaired) electrons. The van der Waals surface area contributed by atoms with Crippen LogP contribution in [0.5, 0.6) is 0 Å². The van der Waals surface area contributed by atoms with Crippen molar-refractivity contribution in [3.63, 3.8) is 0 Å². The number of rotatable bonds is 6. The summed E-state index contributed by atoms with van der Waals surface area (Å²) in [6.07, 6.45) is 2.90. The molecule has 0 spiro atoms. The van der Waals surface area contributed by atoms with Gasteiger partial charge in [-0.25, -0.2) is 4.99 Å². The van der Waals surface area contributed by atoms with Crippen molar-refractivity contribution in [1.82, 2.24) is 0 Å². The third-order valence-corrected chi connectivity index (χ3v) is 7.27. The van der Waals surface area contributed by atoms with Crippen LogP contribution in [0.1, 0.15) is 78.2 Å². The van der Waals surface area contributed by atoms with E-state index in [1.165, 1.54) is 6.07 Å². The Kier molecular flexibility index (Phi) is 6.27. The first-order chi connectivity index (χ1) is 17.3. The minimum atomic E-state index is -4.46. The predicted octanol–water partition coefficient (Wildman–Crippen LogP) is 9.03. The Morgan fingerprint density at radius 3 is 2.39 bits per heavy atom. The van der Waals surface area contributed by atoms with Crippen LogP contribution in [0.2, 0.25) is 0 Å². The van der Waals surface area contributed by atoms with Gasteiger partial charge in [0.25, 0.3) is 0 Å². The third-order valence-electron chi connectivity index (χ3n) is 7.27. The number of amidine groups is 1. The lowest BCUT2D eigenvalue weighted by Gasteiger charge is -2.47. The number of hydrogen-bond donors (Lipinski definition) is 0. The van der Waals surface area contributed by atoms with Crippen LogP contribution in [-0.4, -0.2) is 5.84 Å². The number of anilines is 1. The van der Waals surface area contributed by atoms with Gasteiger partial charge in [0.1, 0.15) is 5.84 Å². The van der Waals surface area contributed by atoms with Gasteiger partial charge in [0.15, 0.2) is 6.17 Å². The Hall–Kier alpha value is -3.34. The van der Waals surface area contributed by atoms with E-state index in [-0.39, 0.29) is 5.56 Å². The molecule has 0 saturated heterocycles. The molecule has 0 N–H and O–H groups in total. The maximum absolute atomic E-state index is 14.4. The number of hydrogen-bond acceptors (Lipinski definition) is 2. The average Bonchev–Trinajstić information content (AvgIpc) is 2.81. The summed E-state index contributed by atoms with van der Waals surface area (Å²) in [5.74, 6) is 0.824. The highest BCUT2D eigenvalue weighted by Crippen LogP contribution is 2.55. The zero-order valence-electron chi connectivity index (χ0n) is 21.2. The molecule has 36 heavy (non-hydrogen) atoms. The van der Waals surface area contributed by atoms with Crippen LogP contribution in [0.3, 0.4) is 0 Å². The summed E-state index contributed by atoms with van der Waals surface area (Å²) in [6, 6.07) is 15.0. The lowest BCUT2D eigenvalue weighted by atomic mass is 9.81. The van der Waals surface area contributed by atoms with E-state index in [9.17, 15) is 13.2 Å². The molecule has 0 saturated carbocycles. The highest BCUT2D eigenvalue weighted by molar-refractivity contribution is 6.18. The molecule has 2 aliphatic heterocycles. The molecule has 3 aromatic rings. The summed E-state index contributed by atoms with van der Waals surface area (Å²) < 4.78 is 43.1. The first-order valence-electron chi connectivity index (χ1n) is 12.7. The molecule has 186 valence electrons. The predicted molar refractivity (Wildman–Crippen MR) is 142 cm³/mol. The number of aryl methyl sites for hydroxylation is 3. The van der Waals surface area contributed by atoms with Crippen molar-refractivity contribution in [3.05, 3.63) is 93.6 Å². The summed E-state index contributed by atoms with van der Waals surface area (Å²) >= 11 is 0. The topological polar surface area (TPSA) is 15.6 Å². The Bertz CT molecular complexity index is 1360. The molecular formula is C31H31F3N2. The van der Waals surface area contributed by atoms with E-state index < -0.39 is 17.9 Å². The van der Waals surface area contributed by atoms with E-state index in [2.05, 4.69) is 43.9 Å². The van der Waals surface area contributed by atoms with E-state index >= 15 is 0 Å². The molecule has 2 aliphatic rings. The second-order valence-electron chi connectivity index (χ2n) is 9.76. The fraction of sp³-hybridized carbons (Fsp3) is 0.323. The van der Waals surface area contributed by atoms with Gasteiger partial charge in [0, 0.05) is 22.3 Å². The number of fused-ring (bicyclic) bond motifs is 6. The SMILES string of the molecule is C/C=C\c1ccc(C(F)(F)F)c2c1C1N=C(c3c(C)cccc3C)N1c1ccc(CCCCC)cc1-2. The van der Waals surface area contributed by atoms with Gasteiger partial charge in [-0.05, 0) is 74.1 Å². The number of unbranched alkanes of at least 4 members (excludes halogenated alkanes) is 2. The summed E-state index contributed by atoms with van der Waals surface area (Å²) in [5.41, 5.74) is 6.87. The second-order valence-corrected chi connectivity index (χ2v) is 9.76. The Morgan fingerprint density at radius 1 is 0.972 bits per heavy atom. The Labute approximate surface area is 211 Å². The zero-order chi connectivity index (χ0) is 25.6. The highest BCUT2D eigenvalue weighted by atomic mass is 19.4. The standard InChI is InChI=1S/C31H31F3N2/c1-5-7-8-13-21-14-17-25-23(18-21)28-24(31(32,33)34)16-15-22(10-6-2)27(28)30-35-29(36(25)30)26-19(3)11-9-12-20(26)4/h6,9-12,14-18,30H,5,7-8,13H2,1-4H3/b10-6-. The molecule has 0 aromatic heterocycles. The van der Waals surface area contributed by atoms with Gasteiger partial charge in [-0.1, -0.05) is 62.2 Å². The van der Waals surface area contributed by atoms with Gasteiger partial charge in [-0.2, -0.15) is 13.2 Å². The summed E-state index contributed by atoms with van der Waals surface area (Å²) in [7, 11) is 0. The number of aliphatic imine (C=N–C) groups is 1. The van der Waals surface area contributed by atoms with Crippen molar-refractivity contribution in [2.45, 2.75) is 65.7 Å². The minimum absolute atomic E-state index is 0.274. The van der Waals surface area contributed by atoms with Crippen molar-refractivity contribution in [2.75, 3.05) is 4.90 Å². The van der Waals surface area contributed by atoms with Crippen LogP contribution in [0.4, 0.5) is 18.9 Å². The lowest BCUT2D eigenvalue weighted by molar-refractivity contribution is -0.137. The molecule has 5 heteroatoms. The molecule has 5 rings (SSSR count). The van der Waals surface area contributed by atoms with E-state index in [0.29, 0.717) is 11.1 Å². The maximum Gasteiger partial charge on any atom is 0.417 e. The monoisotopic (exact) mass is 488 g/mol. The van der Waals surface area contributed by atoms with Crippen LogP contribution >= 0.6 is 0 Å². The van der Waals surface area contributed by atoms with Crippen LogP contribution in [0.25, 0.3) is 17.2 Å². The molecule has 0 aliphatic carbocycles. The number of nitrogens with zero attached hydrogens (tertiary/aromatic N) is 2. The lowest BCUT2D eigenvalue weighted by Crippen LogP contribution is -2.47. The summed E-state index contributed by atoms with van der Waals surface area (Å²) in [4.78, 5) is 7.10. The Balaban J connectivity index is 1.78. The van der Waals surface area contributed by atoms with Gasteiger partial charge in [-0.3, -0.25) is 4.90 Å². The molecule has 2 nitrogen and oxygen atoms in total. The first-order valence-corrected chi connectivity index (χ1v) is 12.7. The largest absolute Gasteiger partial charge is 0.417 e. The molecule has 1 atom stereocenters. The van der Waals surface area contributed by atoms with Gasteiger partial charge in [-0.15, -0.1) is 0 Å². The summed E-state index contributed by atoms with van der Waals surface area (Å²) in [6.45, 7) is 8.15. The van der Waals surface area contributed by atoms with Crippen LogP contribution in [-0.2, 0) is 12.6 Å².